The molecule has 1 heterocycles. The molecule has 102 valence electrons. The van der Waals surface area contributed by atoms with Crippen LogP contribution in [-0.2, 0) is 19.3 Å². The Morgan fingerprint density at radius 2 is 1.90 bits per heavy atom. The summed E-state index contributed by atoms with van der Waals surface area (Å²) in [7, 11) is 0. The van der Waals surface area contributed by atoms with Crippen molar-refractivity contribution in [2.45, 2.75) is 33.1 Å². The van der Waals surface area contributed by atoms with Gasteiger partial charge in [-0.15, -0.1) is 0 Å². The smallest absolute Gasteiger partial charge is 0.137 e. The first kappa shape index (κ1) is 13.0. The highest BCUT2D eigenvalue weighted by atomic mass is 16.3. The van der Waals surface area contributed by atoms with Gasteiger partial charge in [0.1, 0.15) is 5.58 Å². The Morgan fingerprint density at radius 1 is 1.00 bits per heavy atom. The second kappa shape index (κ2) is 5.54. The molecule has 0 aliphatic heterocycles. The Kier molecular flexibility index (Phi) is 3.60. The van der Waals surface area contributed by atoms with E-state index >= 15 is 0 Å². The maximum atomic E-state index is 5.65. The van der Waals surface area contributed by atoms with E-state index in [9.17, 15) is 0 Å². The van der Waals surface area contributed by atoms with Gasteiger partial charge in [0.15, 0.2) is 0 Å². The normalized spacial score (nSPS) is 11.1. The van der Waals surface area contributed by atoms with Crippen LogP contribution in [0.2, 0.25) is 0 Å². The van der Waals surface area contributed by atoms with Gasteiger partial charge in [-0.25, -0.2) is 0 Å². The summed E-state index contributed by atoms with van der Waals surface area (Å²) in [6.07, 6.45) is 4.96. The summed E-state index contributed by atoms with van der Waals surface area (Å²) in [5.74, 6) is 0. The molecule has 0 N–H and O–H groups in total. The fourth-order valence-electron chi connectivity index (χ4n) is 2.90. The van der Waals surface area contributed by atoms with Crippen LogP contribution in [-0.4, -0.2) is 0 Å². The van der Waals surface area contributed by atoms with Crippen LogP contribution in [0.4, 0.5) is 0 Å². The second-order valence-corrected chi connectivity index (χ2v) is 5.38. The summed E-state index contributed by atoms with van der Waals surface area (Å²) in [6, 6.07) is 15.2. The minimum atomic E-state index is 1.02. The first-order chi connectivity index (χ1) is 9.78. The van der Waals surface area contributed by atoms with Crippen molar-refractivity contribution < 1.29 is 4.42 Å². The molecular weight excluding hydrogens is 244 g/mol. The van der Waals surface area contributed by atoms with E-state index in [1.807, 2.05) is 6.07 Å². The molecule has 1 aromatic heterocycles. The van der Waals surface area contributed by atoms with Crippen LogP contribution in [0.1, 0.15) is 29.2 Å². The summed E-state index contributed by atoms with van der Waals surface area (Å²) in [6.45, 7) is 4.35. The second-order valence-electron chi connectivity index (χ2n) is 5.38. The van der Waals surface area contributed by atoms with E-state index in [-0.39, 0.29) is 0 Å². The van der Waals surface area contributed by atoms with Crippen LogP contribution in [0.5, 0.6) is 0 Å². The largest absolute Gasteiger partial charge is 0.464 e. The molecule has 0 saturated carbocycles. The Labute approximate surface area is 120 Å². The molecule has 1 nitrogen and oxygen atoms in total. The van der Waals surface area contributed by atoms with Gasteiger partial charge < -0.3 is 4.42 Å². The van der Waals surface area contributed by atoms with Gasteiger partial charge in [0, 0.05) is 5.39 Å². The first-order valence-corrected chi connectivity index (χ1v) is 7.31. The molecule has 20 heavy (non-hydrogen) atoms. The van der Waals surface area contributed by atoms with Gasteiger partial charge in [0.2, 0.25) is 0 Å². The molecule has 0 saturated heterocycles. The minimum absolute atomic E-state index is 1.02. The molecule has 0 fully saturated rings. The number of rotatable bonds is 4. The van der Waals surface area contributed by atoms with Crippen LogP contribution in [0.25, 0.3) is 11.0 Å². The van der Waals surface area contributed by atoms with Gasteiger partial charge in [0.25, 0.3) is 0 Å². The maximum absolute atomic E-state index is 5.65. The highest BCUT2D eigenvalue weighted by Crippen LogP contribution is 2.25. The summed E-state index contributed by atoms with van der Waals surface area (Å²) in [5.41, 5.74) is 6.58. The molecule has 2 aromatic carbocycles. The third kappa shape index (κ3) is 2.49. The fourth-order valence-corrected chi connectivity index (χ4v) is 2.90. The molecule has 0 radical (unpaired) electrons. The van der Waals surface area contributed by atoms with Crippen molar-refractivity contribution in [3.63, 3.8) is 0 Å². The van der Waals surface area contributed by atoms with Crippen LogP contribution >= 0.6 is 0 Å². The van der Waals surface area contributed by atoms with Crippen molar-refractivity contribution in [3.05, 3.63) is 71.0 Å². The molecule has 0 amide bonds. The number of benzene rings is 2. The molecule has 3 aromatic rings. The summed E-state index contributed by atoms with van der Waals surface area (Å²) in [4.78, 5) is 0. The number of hydrogen-bond acceptors (Lipinski definition) is 1. The zero-order valence-electron chi connectivity index (χ0n) is 12.1. The van der Waals surface area contributed by atoms with Crippen molar-refractivity contribution >= 4 is 11.0 Å². The number of hydrogen-bond donors (Lipinski definition) is 0. The van der Waals surface area contributed by atoms with E-state index in [4.69, 9.17) is 4.42 Å². The number of furan rings is 1. The lowest BCUT2D eigenvalue weighted by Crippen LogP contribution is -1.97. The highest BCUT2D eigenvalue weighted by Gasteiger charge is 2.08. The van der Waals surface area contributed by atoms with Crippen molar-refractivity contribution in [2.24, 2.45) is 0 Å². The number of aryl methyl sites for hydroxylation is 4. The topological polar surface area (TPSA) is 13.1 Å². The van der Waals surface area contributed by atoms with Crippen LogP contribution in [0.15, 0.2) is 53.1 Å². The summed E-state index contributed by atoms with van der Waals surface area (Å²) < 4.78 is 5.65. The SMILES string of the molecule is CCc1c(CCc2cccc(C)c2)ccc2ccoc12. The average molecular weight is 264 g/mol. The minimum Gasteiger partial charge on any atom is -0.464 e. The average Bonchev–Trinajstić information content (AvgIpc) is 2.93. The Morgan fingerprint density at radius 3 is 2.70 bits per heavy atom. The summed E-state index contributed by atoms with van der Waals surface area (Å²) in [5, 5.41) is 1.21. The molecule has 1 heteroatoms. The van der Waals surface area contributed by atoms with Gasteiger partial charge in [-0.2, -0.15) is 0 Å². The number of fused-ring (bicyclic) bond motifs is 1. The van der Waals surface area contributed by atoms with Gasteiger partial charge in [-0.1, -0.05) is 48.9 Å². The van der Waals surface area contributed by atoms with Crippen LogP contribution in [0.3, 0.4) is 0 Å². The molecule has 0 aliphatic carbocycles. The van der Waals surface area contributed by atoms with E-state index in [0.717, 1.165) is 24.8 Å². The predicted octanol–water partition coefficient (Wildman–Crippen LogP) is 5.09. The monoisotopic (exact) mass is 264 g/mol. The molecule has 0 atom stereocenters. The van der Waals surface area contributed by atoms with E-state index in [1.54, 1.807) is 6.26 Å². The van der Waals surface area contributed by atoms with E-state index in [2.05, 4.69) is 50.2 Å². The molecule has 0 bridgehead atoms. The van der Waals surface area contributed by atoms with Gasteiger partial charge >= 0.3 is 0 Å². The summed E-state index contributed by atoms with van der Waals surface area (Å²) >= 11 is 0. The molecule has 0 aliphatic rings. The lowest BCUT2D eigenvalue weighted by Gasteiger charge is -2.09. The maximum Gasteiger partial charge on any atom is 0.137 e. The van der Waals surface area contributed by atoms with Gasteiger partial charge in [0.05, 0.1) is 6.26 Å². The standard InChI is InChI=1S/C19H20O/c1-3-18-16(9-10-17-11-12-20-19(17)18)8-7-15-6-4-5-14(2)13-15/h4-6,9-13H,3,7-8H2,1-2H3. The van der Waals surface area contributed by atoms with E-state index in [1.165, 1.54) is 27.6 Å². The van der Waals surface area contributed by atoms with Crippen molar-refractivity contribution in [3.8, 4) is 0 Å². The highest BCUT2D eigenvalue weighted by molar-refractivity contribution is 5.81. The van der Waals surface area contributed by atoms with Crippen molar-refractivity contribution in [1.29, 1.82) is 0 Å². The first-order valence-electron chi connectivity index (χ1n) is 7.31. The van der Waals surface area contributed by atoms with Crippen molar-refractivity contribution in [1.82, 2.24) is 0 Å². The third-order valence-electron chi connectivity index (χ3n) is 3.94. The fraction of sp³-hybridized carbons (Fsp3) is 0.263. The Hall–Kier alpha value is -2.02. The molecule has 3 rings (SSSR count). The van der Waals surface area contributed by atoms with Crippen molar-refractivity contribution in [2.75, 3.05) is 0 Å². The molecular formula is C19H20O. The van der Waals surface area contributed by atoms with Crippen LogP contribution in [0, 0.1) is 6.92 Å². The van der Waals surface area contributed by atoms with E-state index in [0.29, 0.717) is 0 Å². The zero-order chi connectivity index (χ0) is 13.9. The third-order valence-corrected chi connectivity index (χ3v) is 3.94. The quantitative estimate of drug-likeness (QED) is 0.639. The predicted molar refractivity (Wildman–Crippen MR) is 84.2 cm³/mol. The van der Waals surface area contributed by atoms with Gasteiger partial charge in [-0.05, 0) is 48.9 Å². The van der Waals surface area contributed by atoms with E-state index < -0.39 is 0 Å². The lowest BCUT2D eigenvalue weighted by atomic mass is 9.96. The lowest BCUT2D eigenvalue weighted by molar-refractivity contribution is 0.610. The Bertz CT molecular complexity index is 721. The Balaban J connectivity index is 1.87. The zero-order valence-corrected chi connectivity index (χ0v) is 12.1. The molecule has 0 spiro atoms. The van der Waals surface area contributed by atoms with Crippen LogP contribution < -0.4 is 0 Å². The molecule has 0 unspecified atom stereocenters. The van der Waals surface area contributed by atoms with Gasteiger partial charge in [-0.3, -0.25) is 0 Å².